The fourth-order valence-electron chi connectivity index (χ4n) is 3.43. The number of ether oxygens (including phenoxy) is 2. The zero-order valence-corrected chi connectivity index (χ0v) is 19.2. The summed E-state index contributed by atoms with van der Waals surface area (Å²) < 4.78 is 10.8. The monoisotopic (exact) mass is 398 g/mol. The molecule has 0 saturated heterocycles. The van der Waals surface area contributed by atoms with E-state index in [9.17, 15) is 9.59 Å². The second-order valence-electron chi connectivity index (χ2n) is 7.95. The maximum Gasteiger partial charge on any atom is 0.323 e. The number of rotatable bonds is 19. The van der Waals surface area contributed by atoms with Crippen LogP contribution in [0.15, 0.2) is 0 Å². The molecule has 0 saturated carbocycles. The van der Waals surface area contributed by atoms with Crippen LogP contribution in [-0.4, -0.2) is 25.2 Å². The van der Waals surface area contributed by atoms with E-state index in [0.29, 0.717) is 26.1 Å². The van der Waals surface area contributed by atoms with Gasteiger partial charge in [-0.25, -0.2) is 0 Å². The van der Waals surface area contributed by atoms with Crippen molar-refractivity contribution in [1.29, 1.82) is 0 Å². The van der Waals surface area contributed by atoms with Gasteiger partial charge in [-0.3, -0.25) is 9.59 Å². The first-order valence-electron chi connectivity index (χ1n) is 11.9. The van der Waals surface area contributed by atoms with E-state index in [2.05, 4.69) is 6.92 Å². The van der Waals surface area contributed by atoms with Crippen molar-refractivity contribution in [3.05, 3.63) is 0 Å². The third-order valence-electron chi connectivity index (χ3n) is 5.70. The molecular weight excluding hydrogens is 352 g/mol. The lowest BCUT2D eigenvalue weighted by Crippen LogP contribution is -2.41. The minimum atomic E-state index is -1.13. The minimum absolute atomic E-state index is 0.378. The molecule has 0 atom stereocenters. The predicted molar refractivity (Wildman–Crippen MR) is 116 cm³/mol. The summed E-state index contributed by atoms with van der Waals surface area (Å²) in [7, 11) is 0. The van der Waals surface area contributed by atoms with Crippen molar-refractivity contribution in [2.45, 2.75) is 124 Å². The Bertz CT molecular complexity index is 388. The van der Waals surface area contributed by atoms with Crippen molar-refractivity contribution >= 4 is 11.9 Å². The average molecular weight is 399 g/mol. The molecule has 0 aromatic carbocycles. The molecule has 0 aliphatic heterocycles. The normalized spacial score (nSPS) is 11.4. The molecular formula is C24H46O4. The lowest BCUT2D eigenvalue weighted by molar-refractivity contribution is -0.173. The van der Waals surface area contributed by atoms with E-state index in [4.69, 9.17) is 9.47 Å². The molecule has 0 rings (SSSR count). The number of esters is 2. The molecule has 166 valence electrons. The summed E-state index contributed by atoms with van der Waals surface area (Å²) >= 11 is 0. The highest BCUT2D eigenvalue weighted by Crippen LogP contribution is 2.30. The maximum absolute atomic E-state index is 12.6. The summed E-state index contributed by atoms with van der Waals surface area (Å²) in [5.74, 6) is -0.832. The lowest BCUT2D eigenvalue weighted by atomic mass is 9.82. The number of unbranched alkanes of at least 4 members (excludes halogenated alkanes) is 11. The summed E-state index contributed by atoms with van der Waals surface area (Å²) in [4.78, 5) is 25.0. The van der Waals surface area contributed by atoms with Gasteiger partial charge in [-0.1, -0.05) is 98.3 Å². The van der Waals surface area contributed by atoms with Crippen LogP contribution in [0.25, 0.3) is 0 Å². The van der Waals surface area contributed by atoms with Gasteiger partial charge in [0.2, 0.25) is 0 Å². The van der Waals surface area contributed by atoms with Gasteiger partial charge in [-0.15, -0.1) is 0 Å². The van der Waals surface area contributed by atoms with Crippen molar-refractivity contribution in [2.75, 3.05) is 13.2 Å². The molecule has 0 bridgehead atoms. The van der Waals surface area contributed by atoms with Crippen molar-refractivity contribution in [2.24, 2.45) is 5.41 Å². The lowest BCUT2D eigenvalue weighted by Gasteiger charge is -2.26. The molecule has 0 aromatic heterocycles. The van der Waals surface area contributed by atoms with Crippen LogP contribution in [-0.2, 0) is 19.1 Å². The van der Waals surface area contributed by atoms with Crippen LogP contribution in [0.5, 0.6) is 0 Å². The smallest absolute Gasteiger partial charge is 0.323 e. The molecule has 0 fully saturated rings. The molecule has 0 aliphatic carbocycles. The molecule has 0 N–H and O–H groups in total. The third-order valence-corrected chi connectivity index (χ3v) is 5.70. The first kappa shape index (κ1) is 26.9. The van der Waals surface area contributed by atoms with Crippen LogP contribution in [0.2, 0.25) is 0 Å². The molecule has 0 amide bonds. The zero-order chi connectivity index (χ0) is 21.1. The number of carbonyl (C=O) groups excluding carboxylic acids is 2. The fraction of sp³-hybridized carbons (Fsp3) is 0.917. The average Bonchev–Trinajstić information content (AvgIpc) is 2.70. The maximum atomic E-state index is 12.6. The molecule has 4 heteroatoms. The number of hydrogen-bond acceptors (Lipinski definition) is 4. The Kier molecular flexibility index (Phi) is 17.3. The first-order valence-corrected chi connectivity index (χ1v) is 11.9. The van der Waals surface area contributed by atoms with Crippen LogP contribution in [0.3, 0.4) is 0 Å². The van der Waals surface area contributed by atoms with Gasteiger partial charge in [0.25, 0.3) is 0 Å². The Morgan fingerprint density at radius 1 is 0.536 bits per heavy atom. The predicted octanol–water partition coefficient (Wildman–Crippen LogP) is 6.99. The van der Waals surface area contributed by atoms with Gasteiger partial charge in [-0.05, 0) is 25.7 Å². The second-order valence-corrected chi connectivity index (χ2v) is 7.95. The van der Waals surface area contributed by atoms with Gasteiger partial charge in [0.1, 0.15) is 0 Å². The molecule has 0 aliphatic rings. The minimum Gasteiger partial charge on any atom is -0.465 e. The standard InChI is InChI=1S/C24H46O4/c1-5-9-11-12-13-14-15-16-17-18-19-21-28-23(26)24(7-3,8-4)22(25)27-20-10-6-2/h5-21H2,1-4H3. The molecule has 0 radical (unpaired) electrons. The van der Waals surface area contributed by atoms with E-state index in [1.54, 1.807) is 0 Å². The Hall–Kier alpha value is -1.06. The summed E-state index contributed by atoms with van der Waals surface area (Å²) in [6, 6.07) is 0. The Morgan fingerprint density at radius 3 is 1.29 bits per heavy atom. The molecule has 0 heterocycles. The number of carbonyl (C=O) groups is 2. The van der Waals surface area contributed by atoms with Gasteiger partial charge in [0.15, 0.2) is 5.41 Å². The zero-order valence-electron chi connectivity index (χ0n) is 19.2. The Morgan fingerprint density at radius 2 is 0.893 bits per heavy atom. The van der Waals surface area contributed by atoms with Gasteiger partial charge in [-0.2, -0.15) is 0 Å². The van der Waals surface area contributed by atoms with Gasteiger partial charge < -0.3 is 9.47 Å². The Labute approximate surface area is 174 Å². The van der Waals surface area contributed by atoms with E-state index in [-0.39, 0.29) is 0 Å². The highest BCUT2D eigenvalue weighted by atomic mass is 16.6. The van der Waals surface area contributed by atoms with E-state index >= 15 is 0 Å². The molecule has 4 nitrogen and oxygen atoms in total. The van der Waals surface area contributed by atoms with Gasteiger partial charge >= 0.3 is 11.9 Å². The molecule has 28 heavy (non-hydrogen) atoms. The molecule has 0 spiro atoms. The highest BCUT2D eigenvalue weighted by Gasteiger charge is 2.45. The van der Waals surface area contributed by atoms with Crippen LogP contribution in [0.4, 0.5) is 0 Å². The van der Waals surface area contributed by atoms with Gasteiger partial charge in [0.05, 0.1) is 13.2 Å². The fourth-order valence-corrected chi connectivity index (χ4v) is 3.43. The van der Waals surface area contributed by atoms with Crippen LogP contribution in [0.1, 0.15) is 124 Å². The summed E-state index contributed by atoms with van der Waals surface area (Å²) in [5.41, 5.74) is -1.13. The first-order chi connectivity index (χ1) is 13.6. The second kappa shape index (κ2) is 18.0. The SMILES string of the molecule is CCCCCCCCCCCCCOC(=O)C(CC)(CC)C(=O)OCCCC. The van der Waals surface area contributed by atoms with Crippen LogP contribution < -0.4 is 0 Å². The quantitative estimate of drug-likeness (QED) is 0.134. The Balaban J connectivity index is 3.93. The van der Waals surface area contributed by atoms with Crippen molar-refractivity contribution in [3.8, 4) is 0 Å². The van der Waals surface area contributed by atoms with E-state index in [1.165, 1.54) is 57.8 Å². The van der Waals surface area contributed by atoms with Crippen LogP contribution in [0, 0.1) is 5.41 Å². The summed E-state index contributed by atoms with van der Waals surface area (Å²) in [5, 5.41) is 0. The van der Waals surface area contributed by atoms with Crippen molar-refractivity contribution < 1.29 is 19.1 Å². The molecule has 0 unspecified atom stereocenters. The topological polar surface area (TPSA) is 52.6 Å². The van der Waals surface area contributed by atoms with Crippen molar-refractivity contribution in [3.63, 3.8) is 0 Å². The molecule has 0 aromatic rings. The highest BCUT2D eigenvalue weighted by molar-refractivity contribution is 5.99. The summed E-state index contributed by atoms with van der Waals surface area (Å²) in [6.45, 7) is 8.79. The van der Waals surface area contributed by atoms with E-state index < -0.39 is 17.4 Å². The summed E-state index contributed by atoms with van der Waals surface area (Å²) in [6.07, 6.45) is 16.5. The number of hydrogen-bond donors (Lipinski definition) is 0. The van der Waals surface area contributed by atoms with Crippen molar-refractivity contribution in [1.82, 2.24) is 0 Å². The largest absolute Gasteiger partial charge is 0.465 e. The van der Waals surface area contributed by atoms with Gasteiger partial charge in [0, 0.05) is 0 Å². The third kappa shape index (κ3) is 11.1. The van der Waals surface area contributed by atoms with E-state index in [0.717, 1.165) is 25.7 Å². The van der Waals surface area contributed by atoms with E-state index in [1.807, 2.05) is 20.8 Å². The van der Waals surface area contributed by atoms with Crippen LogP contribution >= 0.6 is 0 Å².